The molecule has 1 aromatic heterocycles. The highest BCUT2D eigenvalue weighted by molar-refractivity contribution is 9.10. The maximum atomic E-state index is 13.1. The van der Waals surface area contributed by atoms with E-state index in [9.17, 15) is 9.59 Å². The first-order valence-corrected chi connectivity index (χ1v) is 9.50. The lowest BCUT2D eigenvalue weighted by atomic mass is 10.0. The molecular formula is C18H23BrN4O3. The van der Waals surface area contributed by atoms with Crippen LogP contribution in [0.5, 0.6) is 0 Å². The fraction of sp³-hybridized carbons (Fsp3) is 0.500. The van der Waals surface area contributed by atoms with E-state index in [0.717, 1.165) is 34.2 Å². The number of carbonyl (C=O) groups is 2. The number of rotatable bonds is 4. The summed E-state index contributed by atoms with van der Waals surface area (Å²) in [5.41, 5.74) is 1.80. The first kappa shape index (κ1) is 18.7. The van der Waals surface area contributed by atoms with E-state index in [4.69, 9.17) is 0 Å². The average molecular weight is 423 g/mol. The summed E-state index contributed by atoms with van der Waals surface area (Å²) in [6, 6.07) is 5.12. The summed E-state index contributed by atoms with van der Waals surface area (Å²) >= 11 is 3.46. The summed E-state index contributed by atoms with van der Waals surface area (Å²) in [5.74, 6) is 0.633. The van der Waals surface area contributed by atoms with Gasteiger partial charge in [0.2, 0.25) is 5.91 Å². The molecule has 2 amide bonds. The van der Waals surface area contributed by atoms with Crippen LogP contribution in [0.3, 0.4) is 0 Å². The number of hydrogen-bond acceptors (Lipinski definition) is 4. The number of alkyl carbamates (subject to hydrolysis) is 1. The Morgan fingerprint density at radius 2 is 2.19 bits per heavy atom. The number of carbonyl (C=O) groups excluding carboxylic acids is 2. The van der Waals surface area contributed by atoms with E-state index in [1.807, 2.05) is 36.9 Å². The highest BCUT2D eigenvalue weighted by Crippen LogP contribution is 2.33. The summed E-state index contributed by atoms with van der Waals surface area (Å²) in [4.78, 5) is 34.5. The van der Waals surface area contributed by atoms with E-state index in [1.54, 1.807) is 0 Å². The summed E-state index contributed by atoms with van der Waals surface area (Å²) in [5, 5.41) is 2.66. The van der Waals surface area contributed by atoms with E-state index < -0.39 is 12.1 Å². The number of benzene rings is 1. The molecule has 0 spiro atoms. The van der Waals surface area contributed by atoms with Crippen LogP contribution in [0, 0.1) is 5.92 Å². The number of amides is 2. The lowest BCUT2D eigenvalue weighted by Crippen LogP contribution is -2.51. The van der Waals surface area contributed by atoms with Crippen molar-refractivity contribution in [1.82, 2.24) is 20.2 Å². The molecule has 2 heterocycles. The Labute approximate surface area is 160 Å². The molecule has 0 bridgehead atoms. The monoisotopic (exact) mass is 422 g/mol. The minimum atomic E-state index is -0.624. The van der Waals surface area contributed by atoms with Crippen molar-refractivity contribution in [1.29, 1.82) is 0 Å². The Morgan fingerprint density at radius 1 is 1.42 bits per heavy atom. The van der Waals surface area contributed by atoms with Gasteiger partial charge in [0.05, 0.1) is 24.2 Å². The molecular weight excluding hydrogens is 400 g/mol. The first-order chi connectivity index (χ1) is 12.4. The number of ether oxygens (including phenoxy) is 1. The Morgan fingerprint density at radius 3 is 2.88 bits per heavy atom. The van der Waals surface area contributed by atoms with Crippen molar-refractivity contribution in [3.63, 3.8) is 0 Å². The third kappa shape index (κ3) is 3.70. The number of H-pyrrole nitrogens is 1. The van der Waals surface area contributed by atoms with Gasteiger partial charge in [-0.15, -0.1) is 0 Å². The number of nitrogens with zero attached hydrogens (tertiary/aromatic N) is 2. The molecule has 3 rings (SSSR count). The topological polar surface area (TPSA) is 87.3 Å². The van der Waals surface area contributed by atoms with Crippen molar-refractivity contribution in [2.45, 2.75) is 38.8 Å². The van der Waals surface area contributed by atoms with Gasteiger partial charge in [0.15, 0.2) is 0 Å². The number of fused-ring (bicyclic) bond motifs is 1. The van der Waals surface area contributed by atoms with Crippen LogP contribution >= 0.6 is 15.9 Å². The van der Waals surface area contributed by atoms with Crippen LogP contribution in [0.15, 0.2) is 22.7 Å². The van der Waals surface area contributed by atoms with E-state index in [-0.39, 0.29) is 17.9 Å². The van der Waals surface area contributed by atoms with Gasteiger partial charge in [-0.2, -0.15) is 0 Å². The lowest BCUT2D eigenvalue weighted by Gasteiger charge is -2.29. The second-order valence-electron chi connectivity index (χ2n) is 6.83. The molecule has 1 saturated heterocycles. The van der Waals surface area contributed by atoms with Crippen LogP contribution in [-0.4, -0.2) is 46.6 Å². The third-order valence-corrected chi connectivity index (χ3v) is 5.20. The van der Waals surface area contributed by atoms with Gasteiger partial charge >= 0.3 is 6.09 Å². The maximum absolute atomic E-state index is 13.1. The highest BCUT2D eigenvalue weighted by Gasteiger charge is 2.37. The summed E-state index contributed by atoms with van der Waals surface area (Å²) in [6.45, 7) is 4.46. The van der Waals surface area contributed by atoms with Crippen molar-refractivity contribution in [3.8, 4) is 0 Å². The van der Waals surface area contributed by atoms with Gasteiger partial charge in [-0.3, -0.25) is 4.79 Å². The molecule has 0 aliphatic carbocycles. The molecule has 2 N–H and O–H groups in total. The van der Waals surface area contributed by atoms with E-state index in [2.05, 4.69) is 36.0 Å². The van der Waals surface area contributed by atoms with Crippen molar-refractivity contribution in [2.75, 3.05) is 13.7 Å². The Balaban J connectivity index is 1.85. The largest absolute Gasteiger partial charge is 0.453 e. The van der Waals surface area contributed by atoms with E-state index >= 15 is 0 Å². The number of halogens is 1. The first-order valence-electron chi connectivity index (χ1n) is 8.71. The number of aromatic amines is 1. The second kappa shape index (κ2) is 7.65. The van der Waals surface area contributed by atoms with Crippen LogP contribution in [0.25, 0.3) is 11.0 Å². The van der Waals surface area contributed by atoms with Crippen LogP contribution in [0.2, 0.25) is 0 Å². The van der Waals surface area contributed by atoms with Crippen LogP contribution in [-0.2, 0) is 9.53 Å². The molecule has 1 unspecified atom stereocenters. The lowest BCUT2D eigenvalue weighted by molar-refractivity contribution is -0.135. The van der Waals surface area contributed by atoms with E-state index in [1.165, 1.54) is 7.11 Å². The Hall–Kier alpha value is -2.09. The number of likely N-dealkylation sites (tertiary alicyclic amines) is 1. The smallest absolute Gasteiger partial charge is 0.407 e. The standard InChI is InChI=1S/C18H23BrN4O3/c1-10(2)15(22-18(25)26-3)17(24)23-8-4-5-14(23)16-20-12-7-6-11(19)9-13(12)21-16/h6-7,9-10,14-15H,4-5,8H2,1-3H3,(H,20,21)(H,22,25)/t14-,15?/m0/s1. The Bertz CT molecular complexity index is 820. The molecule has 1 aliphatic rings. The van der Waals surface area contributed by atoms with Gasteiger partial charge in [-0.1, -0.05) is 29.8 Å². The summed E-state index contributed by atoms with van der Waals surface area (Å²) in [7, 11) is 1.29. The van der Waals surface area contributed by atoms with Crippen LogP contribution in [0.1, 0.15) is 38.6 Å². The molecule has 1 aliphatic heterocycles. The SMILES string of the molecule is COC(=O)NC(C(=O)N1CCC[C@H]1c1nc2ccc(Br)cc2[nH]1)C(C)C. The average Bonchev–Trinajstić information content (AvgIpc) is 3.24. The minimum Gasteiger partial charge on any atom is -0.453 e. The number of aromatic nitrogens is 2. The molecule has 0 saturated carbocycles. The molecule has 1 fully saturated rings. The van der Waals surface area contributed by atoms with Crippen LogP contribution in [0.4, 0.5) is 4.79 Å². The van der Waals surface area contributed by atoms with Gasteiger partial charge in [0.1, 0.15) is 11.9 Å². The van der Waals surface area contributed by atoms with Crippen molar-refractivity contribution in [3.05, 3.63) is 28.5 Å². The second-order valence-corrected chi connectivity index (χ2v) is 7.75. The van der Waals surface area contributed by atoms with Gasteiger partial charge in [0.25, 0.3) is 0 Å². The molecule has 26 heavy (non-hydrogen) atoms. The minimum absolute atomic E-state index is 0.0468. The molecule has 140 valence electrons. The molecule has 7 nitrogen and oxygen atoms in total. The predicted octanol–water partition coefficient (Wildman–Crippen LogP) is 3.37. The molecule has 1 aromatic carbocycles. The highest BCUT2D eigenvalue weighted by atomic mass is 79.9. The summed E-state index contributed by atoms with van der Waals surface area (Å²) < 4.78 is 5.64. The van der Waals surface area contributed by atoms with E-state index in [0.29, 0.717) is 6.54 Å². The fourth-order valence-electron chi connectivity index (χ4n) is 3.35. The molecule has 8 heteroatoms. The zero-order chi connectivity index (χ0) is 18.8. The Kier molecular flexibility index (Phi) is 5.50. The quantitative estimate of drug-likeness (QED) is 0.790. The zero-order valence-electron chi connectivity index (χ0n) is 15.1. The molecule has 0 radical (unpaired) electrons. The van der Waals surface area contributed by atoms with Crippen LogP contribution < -0.4 is 5.32 Å². The molecule has 2 aromatic rings. The van der Waals surface area contributed by atoms with Crippen molar-refractivity contribution >= 4 is 39.0 Å². The van der Waals surface area contributed by atoms with Gasteiger partial charge in [0, 0.05) is 11.0 Å². The summed E-state index contributed by atoms with van der Waals surface area (Å²) in [6.07, 6.45) is 1.15. The third-order valence-electron chi connectivity index (χ3n) is 4.71. The van der Waals surface area contributed by atoms with Gasteiger partial charge < -0.3 is 19.9 Å². The van der Waals surface area contributed by atoms with Gasteiger partial charge in [-0.25, -0.2) is 9.78 Å². The number of hydrogen-bond donors (Lipinski definition) is 2. The normalized spacial score (nSPS) is 18.3. The van der Waals surface area contributed by atoms with Crippen molar-refractivity contribution in [2.24, 2.45) is 5.92 Å². The predicted molar refractivity (Wildman–Crippen MR) is 102 cm³/mol. The number of methoxy groups -OCH3 is 1. The fourth-order valence-corrected chi connectivity index (χ4v) is 3.71. The molecule has 2 atom stereocenters. The van der Waals surface area contributed by atoms with Crippen molar-refractivity contribution < 1.29 is 14.3 Å². The zero-order valence-corrected chi connectivity index (χ0v) is 16.7. The number of nitrogens with one attached hydrogen (secondary N) is 2. The number of imidazole rings is 1. The maximum Gasteiger partial charge on any atom is 0.407 e. The van der Waals surface area contributed by atoms with Gasteiger partial charge in [-0.05, 0) is 37.0 Å².